The first-order chi connectivity index (χ1) is 17.5. The number of hydrogen-bond donors (Lipinski definition) is 4. The number of hydrogen-bond acceptors (Lipinski definition) is 12. The van der Waals surface area contributed by atoms with Crippen molar-refractivity contribution in [1.29, 1.82) is 0 Å². The van der Waals surface area contributed by atoms with Crippen LogP contribution in [0, 0.1) is 5.41 Å². The molecule has 2 rings (SSSR count). The van der Waals surface area contributed by atoms with Crippen molar-refractivity contribution in [3.63, 3.8) is 0 Å². The van der Waals surface area contributed by atoms with E-state index in [0.717, 1.165) is 34.2 Å². The van der Waals surface area contributed by atoms with E-state index in [1.165, 1.54) is 13.1 Å². The summed E-state index contributed by atoms with van der Waals surface area (Å²) < 4.78 is 30.8. The highest BCUT2D eigenvalue weighted by atomic mass is 32.2. The second kappa shape index (κ2) is 13.8. The van der Waals surface area contributed by atoms with E-state index in [1.807, 2.05) is 0 Å². The molecule has 0 spiro atoms. The van der Waals surface area contributed by atoms with E-state index in [-0.39, 0.29) is 24.1 Å². The number of esters is 1. The number of aliphatic hydroxyl groups excluding tert-OH is 2. The number of aromatic amines is 1. The number of H-pyrrole nitrogens is 1. The first-order valence-corrected chi connectivity index (χ1v) is 15.4. The van der Waals surface area contributed by atoms with E-state index in [0.29, 0.717) is 0 Å². The topological polar surface area (TPSA) is 186 Å². The van der Waals surface area contributed by atoms with E-state index in [4.69, 9.17) is 13.8 Å². The number of aromatic nitrogens is 2. The zero-order valence-corrected chi connectivity index (χ0v) is 24.6. The average molecular weight is 598 g/mol. The fraction of sp³-hybridized carbons (Fsp3) is 0.727. The van der Waals surface area contributed by atoms with Crippen molar-refractivity contribution in [2.45, 2.75) is 76.5 Å². The van der Waals surface area contributed by atoms with Gasteiger partial charge in [0.05, 0.1) is 30.7 Å². The summed E-state index contributed by atoms with van der Waals surface area (Å²) in [5.74, 6) is -0.514. The molecule has 16 heteroatoms. The fourth-order valence-electron chi connectivity index (χ4n) is 3.14. The van der Waals surface area contributed by atoms with Gasteiger partial charge in [0.15, 0.2) is 5.12 Å². The standard InChI is InChI=1S/C22H36N3O10PS2/c1-12(2)35-19(29)13(3)24-36(32,33-9-10-37-20(30)22(4,5)6)34-11-14-16(27)17(28)18(38-14)25-8-7-15(26)23-21(25)31/h7-8,12-14,16-18,27-28H,9-11H2,1-6H3,(H,24,32)(H,23,26,31)/t13-,14-,16-,17-,18-,36-/m1/s1. The van der Waals surface area contributed by atoms with Gasteiger partial charge in [0.1, 0.15) is 17.5 Å². The fourth-order valence-corrected chi connectivity index (χ4v) is 7.09. The maximum atomic E-state index is 13.5. The van der Waals surface area contributed by atoms with Crippen LogP contribution in [0.2, 0.25) is 0 Å². The largest absolute Gasteiger partial charge is 0.462 e. The molecule has 1 aromatic heterocycles. The number of rotatable bonds is 12. The lowest BCUT2D eigenvalue weighted by Gasteiger charge is -2.25. The van der Waals surface area contributed by atoms with Crippen LogP contribution in [0.25, 0.3) is 0 Å². The molecule has 1 saturated heterocycles. The summed E-state index contributed by atoms with van der Waals surface area (Å²) in [5.41, 5.74) is -1.95. The molecule has 0 aromatic carbocycles. The predicted molar refractivity (Wildman–Crippen MR) is 144 cm³/mol. The highest BCUT2D eigenvalue weighted by molar-refractivity contribution is 8.13. The molecule has 4 N–H and O–H groups in total. The maximum absolute atomic E-state index is 13.5. The Morgan fingerprint density at radius 2 is 1.87 bits per heavy atom. The first kappa shape index (κ1) is 32.8. The lowest BCUT2D eigenvalue weighted by Crippen LogP contribution is -2.38. The number of nitrogens with zero attached hydrogens (tertiary/aromatic N) is 1. The van der Waals surface area contributed by atoms with Crippen molar-refractivity contribution in [1.82, 2.24) is 14.6 Å². The Kier molecular flexibility index (Phi) is 11.9. The van der Waals surface area contributed by atoms with Gasteiger partial charge in [0, 0.05) is 23.4 Å². The minimum Gasteiger partial charge on any atom is -0.462 e. The quantitative estimate of drug-likeness (QED) is 0.153. The van der Waals surface area contributed by atoms with Crippen LogP contribution in [0.5, 0.6) is 0 Å². The summed E-state index contributed by atoms with van der Waals surface area (Å²) >= 11 is 1.99. The second-order valence-electron chi connectivity index (χ2n) is 9.91. The van der Waals surface area contributed by atoms with Crippen LogP contribution in [-0.4, -0.2) is 79.4 Å². The summed E-state index contributed by atoms with van der Waals surface area (Å²) in [6.45, 7) is 9.52. The van der Waals surface area contributed by atoms with E-state index in [9.17, 15) is 34.0 Å². The van der Waals surface area contributed by atoms with Crippen molar-refractivity contribution in [3.05, 3.63) is 33.1 Å². The van der Waals surface area contributed by atoms with Gasteiger partial charge in [0.2, 0.25) is 0 Å². The van der Waals surface area contributed by atoms with Gasteiger partial charge in [-0.25, -0.2) is 14.4 Å². The molecule has 0 amide bonds. The highest BCUT2D eigenvalue weighted by Crippen LogP contribution is 2.48. The molecule has 0 aliphatic carbocycles. The third-order valence-electron chi connectivity index (χ3n) is 5.12. The van der Waals surface area contributed by atoms with Gasteiger partial charge in [-0.05, 0) is 20.8 Å². The number of carbonyl (C=O) groups excluding carboxylic acids is 2. The second-order valence-corrected chi connectivity index (χ2v) is 14.1. The minimum atomic E-state index is -4.18. The predicted octanol–water partition coefficient (Wildman–Crippen LogP) is 1.25. The lowest BCUT2D eigenvalue weighted by atomic mass is 10.00. The van der Waals surface area contributed by atoms with Crippen molar-refractivity contribution in [2.75, 3.05) is 19.0 Å². The van der Waals surface area contributed by atoms with Gasteiger partial charge >= 0.3 is 19.4 Å². The van der Waals surface area contributed by atoms with Gasteiger partial charge in [-0.15, -0.1) is 11.8 Å². The molecule has 0 saturated carbocycles. The zero-order chi connectivity index (χ0) is 28.8. The number of thioether (sulfide) groups is 2. The Bertz CT molecular complexity index is 1140. The smallest absolute Gasteiger partial charge is 0.406 e. The van der Waals surface area contributed by atoms with Crippen LogP contribution < -0.4 is 16.3 Å². The minimum absolute atomic E-state index is 0.0818. The summed E-state index contributed by atoms with van der Waals surface area (Å²) in [7, 11) is -4.18. The van der Waals surface area contributed by atoms with Gasteiger partial charge in [0.25, 0.3) is 5.56 Å². The number of nitrogens with one attached hydrogen (secondary N) is 2. The normalized spacial score (nSPS) is 24.2. The number of carbonyl (C=O) groups is 2. The number of ether oxygens (including phenoxy) is 1. The lowest BCUT2D eigenvalue weighted by molar-refractivity contribution is -0.149. The Hall–Kier alpha value is -1.45. The highest BCUT2D eigenvalue weighted by Gasteiger charge is 2.45. The van der Waals surface area contributed by atoms with E-state index >= 15 is 0 Å². The first-order valence-electron chi connectivity index (χ1n) is 11.9. The molecule has 1 aliphatic heterocycles. The van der Waals surface area contributed by atoms with Crippen LogP contribution in [0.3, 0.4) is 0 Å². The van der Waals surface area contributed by atoms with Crippen molar-refractivity contribution in [2.24, 2.45) is 5.41 Å². The molecule has 216 valence electrons. The van der Waals surface area contributed by atoms with Crippen LogP contribution >= 0.6 is 31.3 Å². The third-order valence-corrected chi connectivity index (χ3v) is 9.63. The number of aliphatic hydroxyl groups is 2. The summed E-state index contributed by atoms with van der Waals surface area (Å²) in [5, 5.41) is 21.7. The maximum Gasteiger partial charge on any atom is 0.406 e. The van der Waals surface area contributed by atoms with Crippen molar-refractivity contribution in [3.8, 4) is 0 Å². The molecule has 6 atom stereocenters. The Balaban J connectivity index is 2.11. The molecule has 0 bridgehead atoms. The van der Waals surface area contributed by atoms with Gasteiger partial charge in [-0.3, -0.25) is 33.0 Å². The summed E-state index contributed by atoms with van der Waals surface area (Å²) in [6, 6.07) is 0.0305. The zero-order valence-electron chi connectivity index (χ0n) is 22.1. The summed E-state index contributed by atoms with van der Waals surface area (Å²) in [6.07, 6.45) is -1.98. The molecule has 0 radical (unpaired) electrons. The molecule has 13 nitrogen and oxygen atoms in total. The Morgan fingerprint density at radius 1 is 1.21 bits per heavy atom. The summed E-state index contributed by atoms with van der Waals surface area (Å²) in [4.78, 5) is 50.0. The van der Waals surface area contributed by atoms with Crippen molar-refractivity contribution < 1.29 is 38.2 Å². The Morgan fingerprint density at radius 3 is 2.45 bits per heavy atom. The third kappa shape index (κ3) is 9.33. The molecule has 1 aliphatic rings. The molecule has 2 heterocycles. The van der Waals surface area contributed by atoms with Crippen LogP contribution in [0.15, 0.2) is 21.9 Å². The van der Waals surface area contributed by atoms with E-state index < -0.39 is 65.4 Å². The molecule has 1 fully saturated rings. The molecule has 0 unspecified atom stereocenters. The van der Waals surface area contributed by atoms with Crippen LogP contribution in [-0.2, 0) is 27.9 Å². The van der Waals surface area contributed by atoms with Crippen LogP contribution in [0.4, 0.5) is 0 Å². The van der Waals surface area contributed by atoms with Crippen molar-refractivity contribution >= 4 is 42.4 Å². The molecule has 38 heavy (non-hydrogen) atoms. The molecular formula is C22H36N3O10PS2. The van der Waals surface area contributed by atoms with Crippen LogP contribution in [0.1, 0.15) is 46.9 Å². The van der Waals surface area contributed by atoms with Gasteiger partial charge in [-0.1, -0.05) is 32.5 Å². The monoisotopic (exact) mass is 597 g/mol. The van der Waals surface area contributed by atoms with E-state index in [1.54, 1.807) is 34.6 Å². The Labute approximate surface area is 229 Å². The molecular weight excluding hydrogens is 561 g/mol. The van der Waals surface area contributed by atoms with E-state index in [2.05, 4.69) is 10.1 Å². The van der Waals surface area contributed by atoms with Gasteiger partial charge in [-0.2, -0.15) is 0 Å². The average Bonchev–Trinajstić information content (AvgIpc) is 3.08. The molecule has 1 aromatic rings. The van der Waals surface area contributed by atoms with Gasteiger partial charge < -0.3 is 14.9 Å². The SMILES string of the molecule is CC(C)OC(=O)[C@@H](C)N[P@@](=O)(OCCSC(=O)C(C)(C)C)OC[C@H]1S[C@@H](n2ccc(=O)[nH]c2=O)[C@H](O)[C@@H]1O.